The molecule has 0 spiro atoms. The van der Waals surface area contributed by atoms with E-state index in [0.29, 0.717) is 16.7 Å². The molecule has 0 radical (unpaired) electrons. The van der Waals surface area contributed by atoms with E-state index in [1.54, 1.807) is 6.07 Å². The Hall–Kier alpha value is -2.95. The average Bonchev–Trinajstić information content (AvgIpc) is 2.54. The smallest absolute Gasteiger partial charge is 0.305 e. The Kier molecular flexibility index (Phi) is 3.70. The topological polar surface area (TPSA) is 72.2 Å². The molecule has 1 aromatic heterocycles. The Labute approximate surface area is 126 Å². The van der Waals surface area contributed by atoms with Gasteiger partial charge in [-0.2, -0.15) is 0 Å². The highest BCUT2D eigenvalue weighted by atomic mass is 16.4. The van der Waals surface area contributed by atoms with E-state index in [9.17, 15) is 9.59 Å². The normalized spacial score (nSPS) is 10.7. The van der Waals surface area contributed by atoms with Crippen molar-refractivity contribution in [2.45, 2.75) is 13.0 Å². The van der Waals surface area contributed by atoms with E-state index in [1.165, 1.54) is 4.57 Å². The fraction of sp³-hybridized carbons (Fsp3) is 0.118. The van der Waals surface area contributed by atoms with Gasteiger partial charge in [0.05, 0.1) is 17.5 Å². The lowest BCUT2D eigenvalue weighted by molar-refractivity contribution is -0.137. The van der Waals surface area contributed by atoms with Gasteiger partial charge in [-0.3, -0.25) is 9.59 Å². The Morgan fingerprint density at radius 3 is 2.45 bits per heavy atom. The zero-order valence-corrected chi connectivity index (χ0v) is 11.8. The van der Waals surface area contributed by atoms with E-state index >= 15 is 0 Å². The van der Waals surface area contributed by atoms with Crippen molar-refractivity contribution >= 4 is 17.0 Å². The van der Waals surface area contributed by atoms with Gasteiger partial charge in [-0.15, -0.1) is 0 Å². The molecule has 0 aliphatic carbocycles. The SMILES string of the molecule is O=C(O)CCn1c(=O)c(-c2ccccc2)nc2ccccc21. The maximum atomic E-state index is 12.7. The van der Waals surface area contributed by atoms with Gasteiger partial charge in [0, 0.05) is 12.1 Å². The van der Waals surface area contributed by atoms with Crippen molar-refractivity contribution in [1.82, 2.24) is 9.55 Å². The Morgan fingerprint density at radius 2 is 1.73 bits per heavy atom. The van der Waals surface area contributed by atoms with Gasteiger partial charge in [0.25, 0.3) is 5.56 Å². The molecule has 0 aliphatic heterocycles. The van der Waals surface area contributed by atoms with Gasteiger partial charge in [-0.25, -0.2) is 4.98 Å². The van der Waals surface area contributed by atoms with E-state index in [2.05, 4.69) is 4.98 Å². The van der Waals surface area contributed by atoms with Gasteiger partial charge in [0.1, 0.15) is 5.69 Å². The second-order valence-electron chi connectivity index (χ2n) is 4.92. The molecule has 0 aliphatic rings. The van der Waals surface area contributed by atoms with Gasteiger partial charge < -0.3 is 9.67 Å². The number of para-hydroxylation sites is 2. The molecule has 0 fully saturated rings. The highest BCUT2D eigenvalue weighted by Crippen LogP contribution is 2.17. The summed E-state index contributed by atoms with van der Waals surface area (Å²) >= 11 is 0. The maximum absolute atomic E-state index is 12.7. The first-order chi connectivity index (χ1) is 10.7. The second kappa shape index (κ2) is 5.81. The molecule has 3 aromatic rings. The monoisotopic (exact) mass is 294 g/mol. The van der Waals surface area contributed by atoms with Crippen molar-refractivity contribution in [3.05, 3.63) is 65.0 Å². The summed E-state index contributed by atoms with van der Waals surface area (Å²) < 4.78 is 1.48. The average molecular weight is 294 g/mol. The fourth-order valence-corrected chi connectivity index (χ4v) is 2.41. The molecule has 5 nitrogen and oxygen atoms in total. The lowest BCUT2D eigenvalue weighted by Crippen LogP contribution is -2.24. The van der Waals surface area contributed by atoms with Crippen LogP contribution in [0.3, 0.4) is 0 Å². The number of carboxylic acids is 1. The molecule has 1 heterocycles. The minimum Gasteiger partial charge on any atom is -0.481 e. The molecule has 0 bridgehead atoms. The lowest BCUT2D eigenvalue weighted by atomic mass is 10.1. The van der Waals surface area contributed by atoms with Gasteiger partial charge in [-0.05, 0) is 12.1 Å². The van der Waals surface area contributed by atoms with Crippen LogP contribution in [0.4, 0.5) is 0 Å². The molecule has 0 amide bonds. The van der Waals surface area contributed by atoms with Crippen LogP contribution in [0.2, 0.25) is 0 Å². The third kappa shape index (κ3) is 2.61. The highest BCUT2D eigenvalue weighted by molar-refractivity contribution is 5.78. The summed E-state index contributed by atoms with van der Waals surface area (Å²) in [5.41, 5.74) is 2.11. The summed E-state index contributed by atoms with van der Waals surface area (Å²) in [5, 5.41) is 8.89. The Balaban J connectivity index is 2.24. The number of benzene rings is 2. The molecule has 110 valence electrons. The van der Waals surface area contributed by atoms with Crippen LogP contribution in [0, 0.1) is 0 Å². The van der Waals surface area contributed by atoms with Crippen molar-refractivity contribution in [3.63, 3.8) is 0 Å². The predicted molar refractivity (Wildman–Crippen MR) is 83.7 cm³/mol. The molecular weight excluding hydrogens is 280 g/mol. The number of carboxylic acid groups (broad SMARTS) is 1. The Bertz CT molecular complexity index is 885. The molecule has 0 atom stereocenters. The van der Waals surface area contributed by atoms with Gasteiger partial charge in [0.15, 0.2) is 0 Å². The molecule has 1 N–H and O–H groups in total. The van der Waals surface area contributed by atoms with Gasteiger partial charge in [0.2, 0.25) is 0 Å². The van der Waals surface area contributed by atoms with E-state index in [-0.39, 0.29) is 18.5 Å². The number of aromatic nitrogens is 2. The number of nitrogens with zero attached hydrogens (tertiary/aromatic N) is 2. The standard InChI is InChI=1S/C17H14N2O3/c20-15(21)10-11-19-14-9-5-4-8-13(14)18-16(17(19)22)12-6-2-1-3-7-12/h1-9H,10-11H2,(H,20,21). The van der Waals surface area contributed by atoms with E-state index in [0.717, 1.165) is 5.56 Å². The van der Waals surface area contributed by atoms with Gasteiger partial charge >= 0.3 is 5.97 Å². The van der Waals surface area contributed by atoms with Crippen LogP contribution < -0.4 is 5.56 Å². The number of hydrogen-bond donors (Lipinski definition) is 1. The minimum absolute atomic E-state index is 0.109. The van der Waals surface area contributed by atoms with Crippen molar-refractivity contribution in [2.75, 3.05) is 0 Å². The highest BCUT2D eigenvalue weighted by Gasteiger charge is 2.13. The maximum Gasteiger partial charge on any atom is 0.305 e. The van der Waals surface area contributed by atoms with E-state index in [1.807, 2.05) is 48.5 Å². The quantitative estimate of drug-likeness (QED) is 0.802. The predicted octanol–water partition coefficient (Wildman–Crippen LogP) is 2.54. The molecule has 5 heteroatoms. The number of carbonyl (C=O) groups is 1. The molecular formula is C17H14N2O3. The number of aryl methyl sites for hydroxylation is 1. The number of fused-ring (bicyclic) bond motifs is 1. The largest absolute Gasteiger partial charge is 0.481 e. The van der Waals surface area contributed by atoms with Crippen LogP contribution in [0.25, 0.3) is 22.3 Å². The van der Waals surface area contributed by atoms with Crippen LogP contribution in [-0.4, -0.2) is 20.6 Å². The zero-order valence-electron chi connectivity index (χ0n) is 11.8. The molecule has 0 unspecified atom stereocenters. The third-order valence-electron chi connectivity index (χ3n) is 3.45. The van der Waals surface area contributed by atoms with Crippen molar-refractivity contribution in [3.8, 4) is 11.3 Å². The van der Waals surface area contributed by atoms with Gasteiger partial charge in [-0.1, -0.05) is 42.5 Å². The van der Waals surface area contributed by atoms with Crippen LogP contribution in [-0.2, 0) is 11.3 Å². The number of rotatable bonds is 4. The number of aliphatic carboxylic acids is 1. The fourth-order valence-electron chi connectivity index (χ4n) is 2.41. The summed E-state index contributed by atoms with van der Waals surface area (Å²) in [5.74, 6) is -0.936. The lowest BCUT2D eigenvalue weighted by Gasteiger charge is -2.11. The van der Waals surface area contributed by atoms with Crippen molar-refractivity contribution < 1.29 is 9.90 Å². The number of hydrogen-bond acceptors (Lipinski definition) is 3. The Morgan fingerprint density at radius 1 is 1.05 bits per heavy atom. The van der Waals surface area contributed by atoms with Crippen LogP contribution in [0.5, 0.6) is 0 Å². The van der Waals surface area contributed by atoms with Crippen LogP contribution >= 0.6 is 0 Å². The summed E-state index contributed by atoms with van der Waals surface area (Å²) in [7, 11) is 0. The first kappa shape index (κ1) is 14.0. The first-order valence-corrected chi connectivity index (χ1v) is 6.93. The molecule has 22 heavy (non-hydrogen) atoms. The molecule has 0 saturated heterocycles. The van der Waals surface area contributed by atoms with Crippen LogP contribution in [0.1, 0.15) is 6.42 Å². The zero-order chi connectivity index (χ0) is 15.5. The van der Waals surface area contributed by atoms with Crippen molar-refractivity contribution in [2.24, 2.45) is 0 Å². The molecule has 0 saturated carbocycles. The summed E-state index contributed by atoms with van der Waals surface area (Å²) in [6.45, 7) is 0.122. The van der Waals surface area contributed by atoms with Crippen LogP contribution in [0.15, 0.2) is 59.4 Å². The minimum atomic E-state index is -0.936. The summed E-state index contributed by atoms with van der Waals surface area (Å²) in [6.07, 6.45) is -0.109. The second-order valence-corrected chi connectivity index (χ2v) is 4.92. The molecule has 3 rings (SSSR count). The van der Waals surface area contributed by atoms with E-state index < -0.39 is 5.97 Å². The summed E-state index contributed by atoms with van der Waals surface area (Å²) in [6, 6.07) is 16.4. The van der Waals surface area contributed by atoms with Crippen molar-refractivity contribution in [1.29, 1.82) is 0 Å². The molecule has 2 aromatic carbocycles. The third-order valence-corrected chi connectivity index (χ3v) is 3.45. The van der Waals surface area contributed by atoms with E-state index in [4.69, 9.17) is 5.11 Å². The summed E-state index contributed by atoms with van der Waals surface area (Å²) in [4.78, 5) is 28.0. The first-order valence-electron chi connectivity index (χ1n) is 6.93.